The van der Waals surface area contributed by atoms with Gasteiger partial charge in [0.05, 0.1) is 25.3 Å². The summed E-state index contributed by atoms with van der Waals surface area (Å²) >= 11 is 1.71. The third-order valence-electron chi connectivity index (χ3n) is 2.34. The summed E-state index contributed by atoms with van der Waals surface area (Å²) in [5.74, 6) is 0. The van der Waals surface area contributed by atoms with Crippen molar-refractivity contribution in [2.75, 3.05) is 13.1 Å². The monoisotopic (exact) mass is 266 g/mol. The zero-order valence-electron chi connectivity index (χ0n) is 9.82. The van der Waals surface area contributed by atoms with Gasteiger partial charge in [0.1, 0.15) is 0 Å². The van der Waals surface area contributed by atoms with Crippen molar-refractivity contribution in [2.24, 2.45) is 9.98 Å². The number of hydrogen-bond donors (Lipinski definition) is 0. The molecule has 0 aliphatic carbocycles. The van der Waals surface area contributed by atoms with Crippen LogP contribution in [0.2, 0.25) is 0 Å². The number of carbonyl (C=O) groups excluding carboxylic acids is 2. The van der Waals surface area contributed by atoms with Crippen LogP contribution in [0.4, 0.5) is 0 Å². The molecule has 0 spiro atoms. The highest BCUT2D eigenvalue weighted by molar-refractivity contribution is 7.07. The average Bonchev–Trinajstić information content (AvgIpc) is 3.08. The zero-order valence-corrected chi connectivity index (χ0v) is 10.6. The number of nitrogens with zero attached hydrogens (tertiary/aromatic N) is 2. The van der Waals surface area contributed by atoms with Crippen LogP contribution in [0.5, 0.6) is 0 Å². The molecule has 1 aliphatic heterocycles. The Bertz CT molecular complexity index is 366. The minimum atomic E-state index is -0.0201. The molecule has 1 aromatic rings. The first-order valence-corrected chi connectivity index (χ1v) is 6.51. The van der Waals surface area contributed by atoms with Gasteiger partial charge in [0.25, 0.3) is 0 Å². The molecule has 96 valence electrons. The van der Waals surface area contributed by atoms with Crippen LogP contribution in [-0.2, 0) is 14.3 Å². The summed E-state index contributed by atoms with van der Waals surface area (Å²) in [6, 6.07) is 4.04. The minimum Gasteiger partial charge on any atom is -0.371 e. The lowest BCUT2D eigenvalue weighted by atomic mass is 10.2. The Hall–Kier alpha value is -1.58. The second kappa shape index (κ2) is 9.45. The van der Waals surface area contributed by atoms with E-state index in [1.807, 2.05) is 22.9 Å². The quantitative estimate of drug-likeness (QED) is 0.618. The molecular formula is C12H14N2O3S. The first-order chi connectivity index (χ1) is 8.86. The molecule has 2 rings (SSSR count). The van der Waals surface area contributed by atoms with E-state index < -0.39 is 0 Å². The maximum absolute atomic E-state index is 9.80. The summed E-state index contributed by atoms with van der Waals surface area (Å²) in [7, 11) is 0. The number of thiophene rings is 1. The standard InChI is InChI=1S/C8H10N2O3.C4H4S/c11-5-9-3-7-1-2-8(13-7)4-10-6-12;1-2-4-5-3-1/h7-8H,1-4H2;1-4H. The van der Waals surface area contributed by atoms with Crippen LogP contribution in [0.25, 0.3) is 0 Å². The Morgan fingerprint density at radius 3 is 1.89 bits per heavy atom. The van der Waals surface area contributed by atoms with Gasteiger partial charge in [0.15, 0.2) is 0 Å². The second-order valence-corrected chi connectivity index (χ2v) is 4.43. The molecule has 18 heavy (non-hydrogen) atoms. The van der Waals surface area contributed by atoms with Crippen molar-refractivity contribution in [1.82, 2.24) is 0 Å². The van der Waals surface area contributed by atoms with Crippen LogP contribution in [0.1, 0.15) is 12.8 Å². The van der Waals surface area contributed by atoms with Gasteiger partial charge in [-0.25, -0.2) is 19.6 Å². The van der Waals surface area contributed by atoms with Crippen LogP contribution in [0.15, 0.2) is 32.9 Å². The first-order valence-electron chi connectivity index (χ1n) is 5.56. The van der Waals surface area contributed by atoms with E-state index in [-0.39, 0.29) is 12.2 Å². The van der Waals surface area contributed by atoms with Gasteiger partial charge in [0, 0.05) is 0 Å². The van der Waals surface area contributed by atoms with Crippen molar-refractivity contribution in [3.8, 4) is 0 Å². The Balaban J connectivity index is 0.000000269. The molecule has 0 saturated carbocycles. The molecule has 6 heteroatoms. The molecule has 2 unspecified atom stereocenters. The van der Waals surface area contributed by atoms with Crippen molar-refractivity contribution in [1.29, 1.82) is 0 Å². The SMILES string of the molecule is O=C=NCC1CCC(CN=C=O)O1.c1ccsc1. The summed E-state index contributed by atoms with van der Waals surface area (Å²) in [5, 5.41) is 4.08. The maximum Gasteiger partial charge on any atom is 0.235 e. The topological polar surface area (TPSA) is 68.1 Å². The highest BCUT2D eigenvalue weighted by atomic mass is 32.1. The predicted octanol–water partition coefficient (Wildman–Crippen LogP) is 1.95. The van der Waals surface area contributed by atoms with Gasteiger partial charge < -0.3 is 4.74 Å². The van der Waals surface area contributed by atoms with Gasteiger partial charge in [0.2, 0.25) is 12.2 Å². The largest absolute Gasteiger partial charge is 0.371 e. The van der Waals surface area contributed by atoms with Gasteiger partial charge >= 0.3 is 0 Å². The summed E-state index contributed by atoms with van der Waals surface area (Å²) in [6.07, 6.45) is 4.59. The van der Waals surface area contributed by atoms with E-state index in [1.165, 1.54) is 12.2 Å². The van der Waals surface area contributed by atoms with E-state index in [9.17, 15) is 9.59 Å². The van der Waals surface area contributed by atoms with Gasteiger partial charge in [-0.05, 0) is 23.6 Å². The molecule has 0 bridgehead atoms. The number of rotatable bonds is 4. The van der Waals surface area contributed by atoms with E-state index in [1.54, 1.807) is 11.3 Å². The fourth-order valence-corrected chi connectivity index (χ4v) is 2.01. The number of aliphatic imine (C=N–C) groups is 2. The van der Waals surface area contributed by atoms with E-state index in [2.05, 4.69) is 9.98 Å². The first kappa shape index (κ1) is 14.5. The zero-order chi connectivity index (χ0) is 13.1. The summed E-state index contributed by atoms with van der Waals surface area (Å²) in [5.41, 5.74) is 0. The van der Waals surface area contributed by atoms with Crippen molar-refractivity contribution < 1.29 is 14.3 Å². The van der Waals surface area contributed by atoms with Gasteiger partial charge in [-0.1, -0.05) is 12.1 Å². The highest BCUT2D eigenvalue weighted by Gasteiger charge is 2.24. The van der Waals surface area contributed by atoms with Gasteiger partial charge in [-0.15, -0.1) is 0 Å². The van der Waals surface area contributed by atoms with Crippen LogP contribution in [0, 0.1) is 0 Å². The molecule has 1 saturated heterocycles. The van der Waals surface area contributed by atoms with Crippen molar-refractivity contribution in [3.63, 3.8) is 0 Å². The summed E-state index contributed by atoms with van der Waals surface area (Å²) in [4.78, 5) is 26.5. The molecule has 5 nitrogen and oxygen atoms in total. The van der Waals surface area contributed by atoms with Crippen LogP contribution in [0.3, 0.4) is 0 Å². The molecule has 0 N–H and O–H groups in total. The lowest BCUT2D eigenvalue weighted by Gasteiger charge is -2.07. The molecule has 0 radical (unpaired) electrons. The van der Waals surface area contributed by atoms with E-state index in [0.29, 0.717) is 13.1 Å². The van der Waals surface area contributed by atoms with Crippen LogP contribution >= 0.6 is 11.3 Å². The van der Waals surface area contributed by atoms with Crippen LogP contribution in [-0.4, -0.2) is 37.5 Å². The number of isocyanates is 2. The molecule has 1 fully saturated rings. The third kappa shape index (κ3) is 6.23. The molecule has 2 heterocycles. The lowest BCUT2D eigenvalue weighted by molar-refractivity contribution is 0.0560. The smallest absolute Gasteiger partial charge is 0.235 e. The highest BCUT2D eigenvalue weighted by Crippen LogP contribution is 2.19. The summed E-state index contributed by atoms with van der Waals surface area (Å²) in [6.45, 7) is 0.704. The van der Waals surface area contributed by atoms with Crippen molar-refractivity contribution in [2.45, 2.75) is 25.0 Å². The van der Waals surface area contributed by atoms with E-state index in [4.69, 9.17) is 4.74 Å². The molecular weight excluding hydrogens is 252 g/mol. The minimum absolute atomic E-state index is 0.0201. The molecule has 2 atom stereocenters. The van der Waals surface area contributed by atoms with Gasteiger partial charge in [-0.2, -0.15) is 11.3 Å². The summed E-state index contributed by atoms with van der Waals surface area (Å²) < 4.78 is 5.42. The Morgan fingerprint density at radius 1 is 1.06 bits per heavy atom. The molecule has 0 aromatic carbocycles. The Labute approximate surface area is 109 Å². The van der Waals surface area contributed by atoms with Gasteiger partial charge in [-0.3, -0.25) is 0 Å². The van der Waals surface area contributed by atoms with Crippen molar-refractivity contribution in [3.05, 3.63) is 22.9 Å². The maximum atomic E-state index is 9.80. The van der Waals surface area contributed by atoms with Crippen molar-refractivity contribution >= 4 is 23.5 Å². The Morgan fingerprint density at radius 2 is 1.56 bits per heavy atom. The Kier molecular flexibility index (Phi) is 7.60. The fourth-order valence-electron chi connectivity index (χ4n) is 1.55. The lowest BCUT2D eigenvalue weighted by Crippen LogP contribution is -2.15. The normalized spacial score (nSPS) is 21.1. The number of ether oxygens (including phenoxy) is 1. The molecule has 0 amide bonds. The van der Waals surface area contributed by atoms with E-state index >= 15 is 0 Å². The van der Waals surface area contributed by atoms with E-state index in [0.717, 1.165) is 12.8 Å². The second-order valence-electron chi connectivity index (χ2n) is 3.61. The third-order valence-corrected chi connectivity index (χ3v) is 2.97. The average molecular weight is 266 g/mol. The fraction of sp³-hybridized carbons (Fsp3) is 0.500. The van der Waals surface area contributed by atoms with Crippen LogP contribution < -0.4 is 0 Å². The number of hydrogen-bond acceptors (Lipinski definition) is 6. The predicted molar refractivity (Wildman–Crippen MR) is 68.2 cm³/mol. The molecule has 1 aromatic heterocycles. The molecule has 1 aliphatic rings.